The molecular weight excluding hydrogens is 540 g/mol. The number of esters is 1. The van der Waals surface area contributed by atoms with Crippen molar-refractivity contribution in [3.8, 4) is 5.75 Å². The van der Waals surface area contributed by atoms with Crippen LogP contribution in [0.4, 0.5) is 5.69 Å². The molecule has 1 atom stereocenters. The van der Waals surface area contributed by atoms with Gasteiger partial charge in [-0.1, -0.05) is 38.1 Å². The third kappa shape index (κ3) is 6.60. The lowest BCUT2D eigenvalue weighted by Gasteiger charge is -2.31. The zero-order valence-electron chi connectivity index (χ0n) is 23.5. The molecule has 214 valence electrons. The van der Waals surface area contributed by atoms with E-state index in [-0.39, 0.29) is 41.9 Å². The number of amides is 1. The van der Waals surface area contributed by atoms with Gasteiger partial charge >= 0.3 is 5.97 Å². The quantitative estimate of drug-likeness (QED) is 0.259. The van der Waals surface area contributed by atoms with Gasteiger partial charge < -0.3 is 14.7 Å². The minimum Gasteiger partial charge on any atom is -0.508 e. The first-order valence-electron chi connectivity index (χ1n) is 13.6. The molecule has 1 amide bonds. The Labute approximate surface area is 246 Å². The number of halogens is 1. The van der Waals surface area contributed by atoms with E-state index < -0.39 is 0 Å². The van der Waals surface area contributed by atoms with E-state index in [4.69, 9.17) is 4.74 Å². The number of phenols is 1. The van der Waals surface area contributed by atoms with Crippen molar-refractivity contribution in [1.82, 2.24) is 14.8 Å². The maximum absolute atomic E-state index is 14.2. The lowest BCUT2D eigenvalue weighted by atomic mass is 9.81. The van der Waals surface area contributed by atoms with Crippen LogP contribution in [0.1, 0.15) is 76.8 Å². The van der Waals surface area contributed by atoms with Gasteiger partial charge in [0, 0.05) is 17.5 Å². The van der Waals surface area contributed by atoms with Crippen LogP contribution in [0.2, 0.25) is 0 Å². The number of nitrogens with zero attached hydrogens (tertiary/aromatic N) is 4. The Bertz CT molecular complexity index is 1500. The standard InChI is InChI=1S/C32H34N4O4.ClH/c1-21(2)29-15-14-25(17-33-29)36(31(38)28-8-4-7-27-26(28)6-5-9-30(27)37)20-23-16-34-35(19-23)18-22-10-12-24(13-11-22)32(39)40-3;/h5-6,9-17,19,21,28,37H,4,7-8,18,20H2,1-3H3;1H. The molecule has 1 aliphatic rings. The molecule has 9 heteroatoms. The summed E-state index contributed by atoms with van der Waals surface area (Å²) in [6.07, 6.45) is 7.82. The fourth-order valence-corrected chi connectivity index (χ4v) is 5.28. The molecule has 1 N–H and O–H groups in total. The van der Waals surface area contributed by atoms with Crippen LogP contribution in [0.25, 0.3) is 0 Å². The van der Waals surface area contributed by atoms with Gasteiger partial charge in [-0.25, -0.2) is 4.79 Å². The highest BCUT2D eigenvalue weighted by atomic mass is 35.5. The molecule has 0 saturated carbocycles. The van der Waals surface area contributed by atoms with E-state index in [2.05, 4.69) is 23.9 Å². The summed E-state index contributed by atoms with van der Waals surface area (Å²) >= 11 is 0. The van der Waals surface area contributed by atoms with Gasteiger partial charge in [-0.05, 0) is 72.2 Å². The maximum Gasteiger partial charge on any atom is 0.337 e. The van der Waals surface area contributed by atoms with Gasteiger partial charge in [-0.2, -0.15) is 5.10 Å². The number of aromatic nitrogens is 3. The summed E-state index contributed by atoms with van der Waals surface area (Å²) in [5.74, 6) is -0.193. The van der Waals surface area contributed by atoms with Crippen molar-refractivity contribution in [3.05, 3.63) is 107 Å². The molecule has 1 aliphatic carbocycles. The number of hydrogen-bond acceptors (Lipinski definition) is 6. The Morgan fingerprint density at radius 1 is 1.07 bits per heavy atom. The Balaban J connectivity index is 0.00000387. The maximum atomic E-state index is 14.2. The Morgan fingerprint density at radius 3 is 2.54 bits per heavy atom. The summed E-state index contributed by atoms with van der Waals surface area (Å²) in [5, 5.41) is 15.0. The molecule has 0 saturated heterocycles. The number of pyridine rings is 1. The van der Waals surface area contributed by atoms with Crippen LogP contribution in [0.15, 0.2) is 73.2 Å². The average Bonchev–Trinajstić information content (AvgIpc) is 3.42. The summed E-state index contributed by atoms with van der Waals surface area (Å²) in [5.41, 5.74) is 5.84. The fourth-order valence-electron chi connectivity index (χ4n) is 5.28. The van der Waals surface area contributed by atoms with Crippen molar-refractivity contribution in [2.45, 2.75) is 58.0 Å². The molecule has 0 spiro atoms. The number of aromatic hydroxyl groups is 1. The van der Waals surface area contributed by atoms with E-state index in [1.165, 1.54) is 7.11 Å². The fraction of sp³-hybridized carbons (Fsp3) is 0.312. The number of anilines is 1. The number of hydrogen-bond donors (Lipinski definition) is 1. The summed E-state index contributed by atoms with van der Waals surface area (Å²) in [4.78, 5) is 32.3. The van der Waals surface area contributed by atoms with Crippen molar-refractivity contribution in [1.29, 1.82) is 0 Å². The summed E-state index contributed by atoms with van der Waals surface area (Å²) in [6.45, 7) is 5.05. The monoisotopic (exact) mass is 574 g/mol. The zero-order valence-corrected chi connectivity index (χ0v) is 24.3. The van der Waals surface area contributed by atoms with Gasteiger partial charge in [0.05, 0.1) is 49.8 Å². The lowest BCUT2D eigenvalue weighted by molar-refractivity contribution is -0.120. The van der Waals surface area contributed by atoms with E-state index in [9.17, 15) is 14.7 Å². The highest BCUT2D eigenvalue weighted by Crippen LogP contribution is 2.38. The Hall–Kier alpha value is -4.17. The van der Waals surface area contributed by atoms with Gasteiger partial charge in [0.15, 0.2) is 0 Å². The van der Waals surface area contributed by atoms with Crippen molar-refractivity contribution in [2.75, 3.05) is 12.0 Å². The smallest absolute Gasteiger partial charge is 0.337 e. The number of fused-ring (bicyclic) bond motifs is 1. The summed E-state index contributed by atoms with van der Waals surface area (Å²) < 4.78 is 6.59. The zero-order chi connectivity index (χ0) is 28.2. The molecule has 5 rings (SSSR count). The SMILES string of the molecule is COC(=O)c1ccc(Cn2cc(CN(C(=O)C3CCCc4c(O)cccc43)c3ccc(C(C)C)nc3)cn2)cc1.Cl. The number of carbonyl (C=O) groups excluding carboxylic acids is 2. The minimum atomic E-state index is -0.371. The number of ether oxygens (including phenoxy) is 1. The number of phenolic OH excluding ortho intramolecular Hbond substituents is 1. The van der Waals surface area contributed by atoms with E-state index >= 15 is 0 Å². The van der Waals surface area contributed by atoms with E-state index in [0.29, 0.717) is 18.7 Å². The molecule has 0 fully saturated rings. The average molecular weight is 575 g/mol. The molecule has 2 aromatic heterocycles. The van der Waals surface area contributed by atoms with Crippen LogP contribution in [0.5, 0.6) is 5.75 Å². The van der Waals surface area contributed by atoms with Crippen molar-refractivity contribution in [3.63, 3.8) is 0 Å². The van der Waals surface area contributed by atoms with Crippen molar-refractivity contribution >= 4 is 30.0 Å². The molecule has 0 aliphatic heterocycles. The number of rotatable bonds is 8. The third-order valence-electron chi connectivity index (χ3n) is 7.47. The van der Waals surface area contributed by atoms with E-state index in [1.54, 1.807) is 35.5 Å². The highest BCUT2D eigenvalue weighted by molar-refractivity contribution is 5.98. The van der Waals surface area contributed by atoms with Gasteiger partial charge in [0.2, 0.25) is 5.91 Å². The second kappa shape index (κ2) is 13.0. The topological polar surface area (TPSA) is 97.5 Å². The van der Waals surface area contributed by atoms with Crippen LogP contribution in [0.3, 0.4) is 0 Å². The highest BCUT2D eigenvalue weighted by Gasteiger charge is 2.32. The molecule has 1 unspecified atom stereocenters. The molecule has 2 heterocycles. The Morgan fingerprint density at radius 2 is 1.85 bits per heavy atom. The predicted molar refractivity (Wildman–Crippen MR) is 160 cm³/mol. The second-order valence-corrected chi connectivity index (χ2v) is 10.5. The minimum absolute atomic E-state index is 0. The largest absolute Gasteiger partial charge is 0.508 e. The Kier molecular flexibility index (Phi) is 9.45. The third-order valence-corrected chi connectivity index (χ3v) is 7.47. The number of carbonyl (C=O) groups is 2. The van der Waals surface area contributed by atoms with E-state index in [1.807, 2.05) is 47.3 Å². The van der Waals surface area contributed by atoms with Crippen molar-refractivity contribution < 1.29 is 19.4 Å². The lowest BCUT2D eigenvalue weighted by Crippen LogP contribution is -2.36. The summed E-state index contributed by atoms with van der Waals surface area (Å²) in [6, 6.07) is 16.6. The van der Waals surface area contributed by atoms with E-state index in [0.717, 1.165) is 52.9 Å². The number of benzene rings is 2. The van der Waals surface area contributed by atoms with Crippen LogP contribution in [-0.2, 0) is 29.0 Å². The molecular formula is C32H35ClN4O4. The molecule has 8 nitrogen and oxygen atoms in total. The van der Waals surface area contributed by atoms with Crippen LogP contribution in [-0.4, -0.2) is 38.9 Å². The molecule has 4 aromatic rings. The molecule has 2 aromatic carbocycles. The van der Waals surface area contributed by atoms with Gasteiger partial charge in [-0.15, -0.1) is 12.4 Å². The molecule has 0 radical (unpaired) electrons. The molecule has 0 bridgehead atoms. The second-order valence-electron chi connectivity index (χ2n) is 10.5. The first-order chi connectivity index (χ1) is 19.3. The first kappa shape index (κ1) is 29.8. The van der Waals surface area contributed by atoms with Crippen LogP contribution < -0.4 is 4.90 Å². The predicted octanol–water partition coefficient (Wildman–Crippen LogP) is 6.02. The molecule has 41 heavy (non-hydrogen) atoms. The van der Waals surface area contributed by atoms with Gasteiger partial charge in [0.25, 0.3) is 0 Å². The van der Waals surface area contributed by atoms with Gasteiger partial charge in [0.1, 0.15) is 5.75 Å². The normalized spacial score (nSPS) is 14.2. The van der Waals surface area contributed by atoms with Crippen LogP contribution >= 0.6 is 12.4 Å². The van der Waals surface area contributed by atoms with Crippen LogP contribution in [0, 0.1) is 0 Å². The van der Waals surface area contributed by atoms with Gasteiger partial charge in [-0.3, -0.25) is 14.5 Å². The summed E-state index contributed by atoms with van der Waals surface area (Å²) in [7, 11) is 1.36. The van der Waals surface area contributed by atoms with Crippen molar-refractivity contribution in [2.24, 2.45) is 0 Å². The first-order valence-corrected chi connectivity index (χ1v) is 13.6. The number of methoxy groups -OCH3 is 1.